The van der Waals surface area contributed by atoms with Crippen LogP contribution in [-0.4, -0.2) is 37.9 Å². The first-order chi connectivity index (χ1) is 8.27. The molecule has 6 nitrogen and oxygen atoms in total. The van der Waals surface area contributed by atoms with E-state index in [1.807, 2.05) is 4.72 Å². The Bertz CT molecular complexity index is 538. The molecule has 0 aromatic heterocycles. The Labute approximate surface area is 112 Å². The maximum Gasteiger partial charge on any atom is 0.243 e. The highest BCUT2D eigenvalue weighted by atomic mass is 79.9. The predicted molar refractivity (Wildman–Crippen MR) is 66.8 cm³/mol. The molecule has 0 amide bonds. The van der Waals surface area contributed by atoms with Crippen LogP contribution in [-0.2, 0) is 10.0 Å². The highest BCUT2D eigenvalue weighted by Gasteiger charge is 2.22. The summed E-state index contributed by atoms with van der Waals surface area (Å²) in [5, 5.41) is 17.6. The summed E-state index contributed by atoms with van der Waals surface area (Å²) in [5.74, 6) is -0.977. The Kier molecular flexibility index (Phi) is 5.05. The number of nitrogens with two attached hydrogens (primary N) is 1. The molecule has 0 heterocycles. The van der Waals surface area contributed by atoms with E-state index in [9.17, 15) is 12.8 Å². The molecule has 0 aliphatic rings. The molecular weight excluding hydrogens is 331 g/mol. The molecule has 102 valence electrons. The third kappa shape index (κ3) is 3.62. The number of benzene rings is 1. The van der Waals surface area contributed by atoms with E-state index in [4.69, 9.17) is 15.9 Å². The van der Waals surface area contributed by atoms with Gasteiger partial charge in [0.1, 0.15) is 4.90 Å². The fourth-order valence-corrected chi connectivity index (χ4v) is 2.94. The molecule has 0 fully saturated rings. The number of sulfonamides is 1. The summed E-state index contributed by atoms with van der Waals surface area (Å²) < 4.78 is 39.1. The molecule has 0 saturated carbocycles. The molecule has 0 aliphatic carbocycles. The Balaban J connectivity index is 3.05. The molecule has 0 saturated heterocycles. The lowest BCUT2D eigenvalue weighted by molar-refractivity contribution is 0.0988. The molecule has 0 aliphatic heterocycles. The summed E-state index contributed by atoms with van der Waals surface area (Å²) in [6.45, 7) is -1.03. The number of halogens is 2. The highest BCUT2D eigenvalue weighted by Crippen LogP contribution is 2.25. The van der Waals surface area contributed by atoms with Crippen LogP contribution >= 0.6 is 15.9 Å². The van der Waals surface area contributed by atoms with Crippen molar-refractivity contribution in [3.8, 4) is 0 Å². The topological polar surface area (TPSA) is 113 Å². The van der Waals surface area contributed by atoms with Gasteiger partial charge in [-0.1, -0.05) is 0 Å². The minimum Gasteiger partial charge on any atom is -0.399 e. The van der Waals surface area contributed by atoms with Crippen molar-refractivity contribution in [1.82, 2.24) is 4.72 Å². The van der Waals surface area contributed by atoms with E-state index >= 15 is 0 Å². The molecule has 0 bridgehead atoms. The lowest BCUT2D eigenvalue weighted by atomic mass is 10.3. The predicted octanol–water partition coefficient (Wildman–Crippen LogP) is -0.198. The number of hydrogen-bond acceptors (Lipinski definition) is 5. The summed E-state index contributed by atoms with van der Waals surface area (Å²) in [4.78, 5) is -0.625. The monoisotopic (exact) mass is 342 g/mol. The number of anilines is 1. The Hall–Kier alpha value is -0.740. The lowest BCUT2D eigenvalue weighted by Crippen LogP contribution is -2.34. The normalized spacial score (nSPS) is 13.6. The average molecular weight is 343 g/mol. The maximum atomic E-state index is 13.7. The van der Waals surface area contributed by atoms with Crippen molar-refractivity contribution in [3.63, 3.8) is 0 Å². The van der Waals surface area contributed by atoms with E-state index in [0.717, 1.165) is 6.07 Å². The fourth-order valence-electron chi connectivity index (χ4n) is 1.13. The van der Waals surface area contributed by atoms with Gasteiger partial charge in [-0.2, -0.15) is 0 Å². The van der Waals surface area contributed by atoms with Gasteiger partial charge in [-0.25, -0.2) is 17.5 Å². The van der Waals surface area contributed by atoms with Gasteiger partial charge in [-0.15, -0.1) is 0 Å². The van der Waals surface area contributed by atoms with Crippen molar-refractivity contribution >= 4 is 31.6 Å². The van der Waals surface area contributed by atoms with Crippen LogP contribution in [0, 0.1) is 5.82 Å². The van der Waals surface area contributed by atoms with E-state index < -0.39 is 40.0 Å². The zero-order valence-electron chi connectivity index (χ0n) is 9.10. The molecule has 1 atom stereocenters. The van der Waals surface area contributed by atoms with Crippen molar-refractivity contribution in [2.24, 2.45) is 0 Å². The molecule has 18 heavy (non-hydrogen) atoms. The number of aliphatic hydroxyl groups excluding tert-OH is 2. The summed E-state index contributed by atoms with van der Waals surface area (Å²) in [6, 6.07) is 2.20. The molecule has 1 rings (SSSR count). The van der Waals surface area contributed by atoms with Crippen molar-refractivity contribution in [3.05, 3.63) is 22.4 Å². The van der Waals surface area contributed by atoms with Gasteiger partial charge in [-0.05, 0) is 28.1 Å². The summed E-state index contributed by atoms with van der Waals surface area (Å²) in [5.41, 5.74) is 5.50. The van der Waals surface area contributed by atoms with E-state index in [-0.39, 0.29) is 10.2 Å². The van der Waals surface area contributed by atoms with E-state index in [1.54, 1.807) is 0 Å². The van der Waals surface area contributed by atoms with Crippen molar-refractivity contribution < 1.29 is 23.0 Å². The van der Waals surface area contributed by atoms with Gasteiger partial charge in [0.2, 0.25) is 10.0 Å². The Morgan fingerprint density at radius 3 is 2.67 bits per heavy atom. The summed E-state index contributed by atoms with van der Waals surface area (Å²) in [7, 11) is -4.15. The Morgan fingerprint density at radius 2 is 2.11 bits per heavy atom. The average Bonchev–Trinajstić information content (AvgIpc) is 2.30. The largest absolute Gasteiger partial charge is 0.399 e. The number of rotatable bonds is 5. The molecule has 0 radical (unpaired) electrons. The smallest absolute Gasteiger partial charge is 0.243 e. The molecule has 9 heteroatoms. The SMILES string of the molecule is Nc1cc(Br)c(F)c(S(=O)(=O)NCC(O)CO)c1. The van der Waals surface area contributed by atoms with Crippen LogP contribution in [0.3, 0.4) is 0 Å². The van der Waals surface area contributed by atoms with Gasteiger partial charge in [-0.3, -0.25) is 0 Å². The van der Waals surface area contributed by atoms with E-state index in [1.165, 1.54) is 6.07 Å². The van der Waals surface area contributed by atoms with Crippen LogP contribution in [0.1, 0.15) is 0 Å². The molecule has 1 unspecified atom stereocenters. The van der Waals surface area contributed by atoms with Crippen LogP contribution < -0.4 is 10.5 Å². The van der Waals surface area contributed by atoms with Crippen LogP contribution in [0.5, 0.6) is 0 Å². The molecule has 1 aromatic carbocycles. The first kappa shape index (κ1) is 15.3. The number of hydrogen-bond donors (Lipinski definition) is 4. The number of aliphatic hydroxyl groups is 2. The first-order valence-corrected chi connectivity index (χ1v) is 7.08. The van der Waals surface area contributed by atoms with Gasteiger partial charge in [0.15, 0.2) is 5.82 Å². The third-order valence-corrected chi connectivity index (χ3v) is 4.03. The second-order valence-electron chi connectivity index (χ2n) is 3.50. The lowest BCUT2D eigenvalue weighted by Gasteiger charge is -2.11. The zero-order valence-corrected chi connectivity index (χ0v) is 11.5. The van der Waals surface area contributed by atoms with Crippen LogP contribution in [0.2, 0.25) is 0 Å². The first-order valence-electron chi connectivity index (χ1n) is 4.81. The molecule has 0 spiro atoms. The van der Waals surface area contributed by atoms with Gasteiger partial charge < -0.3 is 15.9 Å². The van der Waals surface area contributed by atoms with Gasteiger partial charge in [0, 0.05) is 12.2 Å². The fraction of sp³-hybridized carbons (Fsp3) is 0.333. The van der Waals surface area contributed by atoms with Crippen LogP contribution in [0.4, 0.5) is 10.1 Å². The second-order valence-corrected chi connectivity index (χ2v) is 6.09. The van der Waals surface area contributed by atoms with Crippen LogP contribution in [0.15, 0.2) is 21.5 Å². The van der Waals surface area contributed by atoms with E-state index in [0.29, 0.717) is 0 Å². The Morgan fingerprint density at radius 1 is 1.50 bits per heavy atom. The van der Waals surface area contributed by atoms with Crippen molar-refractivity contribution in [2.75, 3.05) is 18.9 Å². The van der Waals surface area contributed by atoms with Crippen molar-refractivity contribution in [2.45, 2.75) is 11.0 Å². The zero-order chi connectivity index (χ0) is 13.9. The van der Waals surface area contributed by atoms with Crippen LogP contribution in [0.25, 0.3) is 0 Å². The highest BCUT2D eigenvalue weighted by molar-refractivity contribution is 9.10. The second kappa shape index (κ2) is 5.93. The maximum absolute atomic E-state index is 13.7. The minimum absolute atomic E-state index is 0.0753. The summed E-state index contributed by atoms with van der Waals surface area (Å²) in [6.07, 6.45) is -1.26. The van der Waals surface area contributed by atoms with Gasteiger partial charge in [0.25, 0.3) is 0 Å². The molecular formula is C9H12BrFN2O4S. The quantitative estimate of drug-likeness (QED) is 0.553. The van der Waals surface area contributed by atoms with Gasteiger partial charge >= 0.3 is 0 Å². The number of nitrogens with one attached hydrogen (secondary N) is 1. The summed E-state index contributed by atoms with van der Waals surface area (Å²) >= 11 is 2.85. The van der Waals surface area contributed by atoms with Gasteiger partial charge in [0.05, 0.1) is 17.2 Å². The number of nitrogen functional groups attached to an aromatic ring is 1. The molecule has 5 N–H and O–H groups in total. The van der Waals surface area contributed by atoms with Crippen molar-refractivity contribution in [1.29, 1.82) is 0 Å². The minimum atomic E-state index is -4.15. The standard InChI is InChI=1S/C9H12BrFN2O4S/c10-7-1-5(12)2-8(9(7)11)18(16,17)13-3-6(15)4-14/h1-2,6,13-15H,3-4,12H2. The third-order valence-electron chi connectivity index (χ3n) is 2.03. The van der Waals surface area contributed by atoms with E-state index in [2.05, 4.69) is 15.9 Å². The molecule has 1 aromatic rings.